The highest BCUT2D eigenvalue weighted by Crippen LogP contribution is 2.19. The molecule has 0 radical (unpaired) electrons. The van der Waals surface area contributed by atoms with E-state index < -0.39 is 0 Å². The van der Waals surface area contributed by atoms with Gasteiger partial charge in [-0.2, -0.15) is 0 Å². The normalized spacial score (nSPS) is 14.7. The lowest BCUT2D eigenvalue weighted by Gasteiger charge is -2.28. The van der Waals surface area contributed by atoms with Crippen LogP contribution in [0.2, 0.25) is 0 Å². The van der Waals surface area contributed by atoms with Crippen LogP contribution in [0.5, 0.6) is 0 Å². The molecule has 18 heavy (non-hydrogen) atoms. The Labute approximate surface area is 111 Å². The Balaban J connectivity index is 1.71. The van der Waals surface area contributed by atoms with E-state index in [0.29, 0.717) is 0 Å². The Morgan fingerprint density at radius 1 is 1.17 bits per heavy atom. The molecule has 0 N–H and O–H groups in total. The molecule has 2 heterocycles. The van der Waals surface area contributed by atoms with Gasteiger partial charge in [-0.1, -0.05) is 24.3 Å². The summed E-state index contributed by atoms with van der Waals surface area (Å²) in [7, 11) is 0. The summed E-state index contributed by atoms with van der Waals surface area (Å²) in [6.45, 7) is 1.68. The molecule has 3 heteroatoms. The van der Waals surface area contributed by atoms with E-state index in [2.05, 4.69) is 23.6 Å². The Morgan fingerprint density at radius 2 is 2.06 bits per heavy atom. The van der Waals surface area contributed by atoms with Gasteiger partial charge in [0, 0.05) is 23.5 Å². The predicted molar refractivity (Wildman–Crippen MR) is 74.1 cm³/mol. The predicted octanol–water partition coefficient (Wildman–Crippen LogP) is 2.99. The molecule has 0 saturated carbocycles. The summed E-state index contributed by atoms with van der Waals surface area (Å²) in [5.41, 5.74) is 2.07. The smallest absolute Gasteiger partial charge is 0.254 e. The maximum absolute atomic E-state index is 12.3. The summed E-state index contributed by atoms with van der Waals surface area (Å²) in [5, 5.41) is 2.09. The summed E-state index contributed by atoms with van der Waals surface area (Å²) < 4.78 is 0. The molecule has 1 aromatic heterocycles. The van der Waals surface area contributed by atoms with E-state index >= 15 is 0 Å². The minimum Gasteiger partial charge on any atom is -0.338 e. The molecule has 0 bridgehead atoms. The van der Waals surface area contributed by atoms with Crippen molar-refractivity contribution in [2.75, 3.05) is 13.1 Å². The van der Waals surface area contributed by atoms with Crippen molar-refractivity contribution in [2.24, 2.45) is 0 Å². The molecule has 1 aliphatic heterocycles. The number of thiophene rings is 1. The van der Waals surface area contributed by atoms with Crippen LogP contribution in [-0.4, -0.2) is 23.9 Å². The molecule has 0 spiro atoms. The third kappa shape index (κ3) is 2.18. The lowest BCUT2D eigenvalue weighted by Crippen LogP contribution is -2.38. The van der Waals surface area contributed by atoms with E-state index in [-0.39, 0.29) is 5.91 Å². The van der Waals surface area contributed by atoms with E-state index in [1.165, 1.54) is 10.4 Å². The van der Waals surface area contributed by atoms with Gasteiger partial charge in [0.15, 0.2) is 0 Å². The molecular weight excluding hydrogens is 242 g/mol. The number of carbonyl (C=O) groups excluding carboxylic acids is 1. The van der Waals surface area contributed by atoms with Gasteiger partial charge >= 0.3 is 0 Å². The summed E-state index contributed by atoms with van der Waals surface area (Å²) in [4.78, 5) is 15.6. The summed E-state index contributed by atoms with van der Waals surface area (Å²) in [6.07, 6.45) is 1.94. The number of benzene rings is 1. The molecule has 0 saturated heterocycles. The van der Waals surface area contributed by atoms with Crippen LogP contribution in [0.15, 0.2) is 41.8 Å². The Bertz CT molecular complexity index is 547. The molecule has 0 unspecified atom stereocenters. The highest BCUT2D eigenvalue weighted by molar-refractivity contribution is 7.09. The van der Waals surface area contributed by atoms with Gasteiger partial charge < -0.3 is 4.90 Å². The lowest BCUT2D eigenvalue weighted by atomic mass is 9.99. The van der Waals surface area contributed by atoms with Gasteiger partial charge in [-0.3, -0.25) is 4.79 Å². The first-order valence-corrected chi connectivity index (χ1v) is 7.12. The number of carbonyl (C=O) groups is 1. The fourth-order valence-electron chi connectivity index (χ4n) is 2.39. The molecule has 3 rings (SSSR count). The van der Waals surface area contributed by atoms with Crippen LogP contribution in [0.1, 0.15) is 20.8 Å². The minimum absolute atomic E-state index is 0.188. The zero-order chi connectivity index (χ0) is 12.4. The minimum atomic E-state index is 0.188. The zero-order valence-electron chi connectivity index (χ0n) is 10.1. The molecule has 92 valence electrons. The number of hydrogen-bond donors (Lipinski definition) is 0. The molecule has 2 nitrogen and oxygen atoms in total. The fraction of sp³-hybridized carbons (Fsp3) is 0.267. The topological polar surface area (TPSA) is 20.3 Å². The van der Waals surface area contributed by atoms with E-state index in [1.807, 2.05) is 23.1 Å². The average molecular weight is 257 g/mol. The van der Waals surface area contributed by atoms with Crippen molar-refractivity contribution in [3.63, 3.8) is 0 Å². The van der Waals surface area contributed by atoms with Crippen molar-refractivity contribution in [1.29, 1.82) is 0 Å². The molecule has 0 atom stereocenters. The molecule has 0 fully saturated rings. The largest absolute Gasteiger partial charge is 0.338 e. The summed E-state index contributed by atoms with van der Waals surface area (Å²) >= 11 is 1.76. The van der Waals surface area contributed by atoms with Crippen LogP contribution in [-0.2, 0) is 12.8 Å². The van der Waals surface area contributed by atoms with Crippen LogP contribution >= 0.6 is 11.3 Å². The van der Waals surface area contributed by atoms with Crippen molar-refractivity contribution >= 4 is 17.2 Å². The Kier molecular flexibility index (Phi) is 3.15. The van der Waals surface area contributed by atoms with Crippen molar-refractivity contribution in [3.8, 4) is 0 Å². The first kappa shape index (κ1) is 11.5. The first-order chi connectivity index (χ1) is 8.84. The number of amides is 1. The first-order valence-electron chi connectivity index (χ1n) is 6.24. The van der Waals surface area contributed by atoms with Gasteiger partial charge in [-0.05, 0) is 35.9 Å². The number of hydrogen-bond acceptors (Lipinski definition) is 2. The second kappa shape index (κ2) is 4.94. The third-order valence-corrected chi connectivity index (χ3v) is 4.33. The quantitative estimate of drug-likeness (QED) is 0.827. The van der Waals surface area contributed by atoms with Crippen molar-refractivity contribution < 1.29 is 4.79 Å². The van der Waals surface area contributed by atoms with Crippen molar-refractivity contribution in [3.05, 3.63) is 57.8 Å². The van der Waals surface area contributed by atoms with E-state index in [0.717, 1.165) is 31.5 Å². The number of nitrogens with zero attached hydrogens (tertiary/aromatic N) is 1. The van der Waals surface area contributed by atoms with E-state index in [4.69, 9.17) is 0 Å². The highest BCUT2D eigenvalue weighted by Gasteiger charge is 2.23. The lowest BCUT2D eigenvalue weighted by molar-refractivity contribution is 0.0742. The molecule has 1 aliphatic rings. The summed E-state index contributed by atoms with van der Waals surface area (Å²) in [6, 6.07) is 12.1. The standard InChI is InChI=1S/C15H15NOS/c17-15-14-6-2-1-4-12(14)7-9-16(15)10-8-13-5-3-11-18-13/h1-6,11H,7-10H2. The van der Waals surface area contributed by atoms with E-state index in [1.54, 1.807) is 11.3 Å². The van der Waals surface area contributed by atoms with Crippen LogP contribution in [0, 0.1) is 0 Å². The van der Waals surface area contributed by atoms with Gasteiger partial charge in [0.25, 0.3) is 5.91 Å². The molecule has 1 aromatic carbocycles. The fourth-order valence-corrected chi connectivity index (χ4v) is 3.09. The van der Waals surface area contributed by atoms with Crippen LogP contribution in [0.4, 0.5) is 0 Å². The maximum atomic E-state index is 12.3. The number of fused-ring (bicyclic) bond motifs is 1. The molecule has 0 aliphatic carbocycles. The average Bonchev–Trinajstić information content (AvgIpc) is 2.91. The second-order valence-electron chi connectivity index (χ2n) is 4.53. The Hall–Kier alpha value is -1.61. The third-order valence-electron chi connectivity index (χ3n) is 3.39. The van der Waals surface area contributed by atoms with Crippen molar-refractivity contribution in [1.82, 2.24) is 4.90 Å². The highest BCUT2D eigenvalue weighted by atomic mass is 32.1. The summed E-state index contributed by atoms with van der Waals surface area (Å²) in [5.74, 6) is 0.188. The number of rotatable bonds is 3. The SMILES string of the molecule is O=C1c2ccccc2CCN1CCc1cccs1. The molecular formula is C15H15NOS. The molecule has 1 amide bonds. The van der Waals surface area contributed by atoms with E-state index in [9.17, 15) is 4.79 Å². The van der Waals surface area contributed by atoms with Crippen LogP contribution < -0.4 is 0 Å². The Morgan fingerprint density at radius 3 is 2.89 bits per heavy atom. The maximum Gasteiger partial charge on any atom is 0.254 e. The van der Waals surface area contributed by atoms with Crippen molar-refractivity contribution in [2.45, 2.75) is 12.8 Å². The van der Waals surface area contributed by atoms with Gasteiger partial charge in [-0.25, -0.2) is 0 Å². The van der Waals surface area contributed by atoms with Crippen LogP contribution in [0.25, 0.3) is 0 Å². The van der Waals surface area contributed by atoms with Crippen LogP contribution in [0.3, 0.4) is 0 Å². The molecule has 2 aromatic rings. The zero-order valence-corrected chi connectivity index (χ0v) is 11.0. The monoisotopic (exact) mass is 257 g/mol. The van der Waals surface area contributed by atoms with Gasteiger partial charge in [0.2, 0.25) is 0 Å². The van der Waals surface area contributed by atoms with Gasteiger partial charge in [0.1, 0.15) is 0 Å². The second-order valence-corrected chi connectivity index (χ2v) is 5.56. The van der Waals surface area contributed by atoms with Gasteiger partial charge in [0.05, 0.1) is 0 Å². The van der Waals surface area contributed by atoms with Gasteiger partial charge in [-0.15, -0.1) is 11.3 Å².